The number of esters is 2. The van der Waals surface area contributed by atoms with E-state index in [2.05, 4.69) is 14.8 Å². The molecule has 0 radical (unpaired) electrons. The molecule has 2 rings (SSSR count). The number of carbonyl (C=O) groups excluding carboxylic acids is 4. The summed E-state index contributed by atoms with van der Waals surface area (Å²) in [5.41, 5.74) is 0.370. The molecular formula is C18H22N2O7. The maximum atomic E-state index is 12.3. The number of amides is 2. The topological polar surface area (TPSA) is 111 Å². The number of rotatable bonds is 6. The number of likely N-dealkylation sites (N-methyl/N-ethyl adjacent to an activating group) is 1. The van der Waals surface area contributed by atoms with Crippen molar-refractivity contribution < 1.29 is 33.4 Å². The van der Waals surface area contributed by atoms with Gasteiger partial charge in [0.2, 0.25) is 5.91 Å². The summed E-state index contributed by atoms with van der Waals surface area (Å²) in [4.78, 5) is 49.7. The van der Waals surface area contributed by atoms with Crippen LogP contribution in [0.25, 0.3) is 0 Å². The maximum absolute atomic E-state index is 12.3. The number of hydrogen-bond acceptors (Lipinski definition) is 7. The fraction of sp³-hybridized carbons (Fsp3) is 0.444. The second-order valence-corrected chi connectivity index (χ2v) is 5.81. The van der Waals surface area contributed by atoms with Crippen LogP contribution in [0.1, 0.15) is 34.1 Å². The number of morpholine rings is 1. The molecule has 146 valence electrons. The Kier molecular flexibility index (Phi) is 6.89. The molecule has 0 spiro atoms. The van der Waals surface area contributed by atoms with E-state index in [1.165, 1.54) is 32.4 Å². The Hall–Kier alpha value is -2.94. The van der Waals surface area contributed by atoms with E-state index in [9.17, 15) is 19.2 Å². The molecule has 1 unspecified atom stereocenters. The van der Waals surface area contributed by atoms with Gasteiger partial charge in [-0.15, -0.1) is 0 Å². The zero-order valence-corrected chi connectivity index (χ0v) is 15.4. The monoisotopic (exact) mass is 378 g/mol. The smallest absolute Gasteiger partial charge is 0.337 e. The summed E-state index contributed by atoms with van der Waals surface area (Å²) < 4.78 is 14.7. The predicted molar refractivity (Wildman–Crippen MR) is 94.4 cm³/mol. The van der Waals surface area contributed by atoms with Gasteiger partial charge >= 0.3 is 11.9 Å². The van der Waals surface area contributed by atoms with Crippen LogP contribution in [0.3, 0.4) is 0 Å². The zero-order valence-electron chi connectivity index (χ0n) is 15.4. The molecule has 1 aromatic rings. The van der Waals surface area contributed by atoms with E-state index in [1.807, 2.05) is 6.92 Å². The largest absolute Gasteiger partial charge is 0.465 e. The summed E-state index contributed by atoms with van der Waals surface area (Å²) in [5, 5.41) is 2.58. The quantitative estimate of drug-likeness (QED) is 0.730. The van der Waals surface area contributed by atoms with Gasteiger partial charge in [-0.2, -0.15) is 0 Å². The van der Waals surface area contributed by atoms with Crippen molar-refractivity contribution in [1.82, 2.24) is 4.90 Å². The van der Waals surface area contributed by atoms with Crippen molar-refractivity contribution >= 4 is 29.4 Å². The van der Waals surface area contributed by atoms with E-state index < -0.39 is 23.9 Å². The minimum Gasteiger partial charge on any atom is -0.465 e. The molecule has 1 atom stereocenters. The molecule has 1 aliphatic rings. The number of methoxy groups -OCH3 is 2. The molecule has 1 aliphatic heterocycles. The minimum absolute atomic E-state index is 0.0813. The first-order chi connectivity index (χ1) is 12.9. The fourth-order valence-electron chi connectivity index (χ4n) is 2.70. The highest BCUT2D eigenvalue weighted by Gasteiger charge is 2.30. The molecule has 1 fully saturated rings. The first-order valence-electron chi connectivity index (χ1n) is 8.41. The number of anilines is 1. The highest BCUT2D eigenvalue weighted by molar-refractivity contribution is 6.00. The van der Waals surface area contributed by atoms with Crippen LogP contribution in [0.15, 0.2) is 18.2 Å². The SMILES string of the molecule is CCN1CCOC(CC(=O)Nc2cc(C(=O)OC)cc(C(=O)OC)c2)C1=O. The normalized spacial score (nSPS) is 16.6. The lowest BCUT2D eigenvalue weighted by atomic mass is 10.1. The van der Waals surface area contributed by atoms with Crippen LogP contribution in [0, 0.1) is 0 Å². The van der Waals surface area contributed by atoms with Gasteiger partial charge in [-0.1, -0.05) is 0 Å². The Morgan fingerprint density at radius 1 is 1.15 bits per heavy atom. The van der Waals surface area contributed by atoms with E-state index in [4.69, 9.17) is 4.74 Å². The van der Waals surface area contributed by atoms with Gasteiger partial charge in [0.1, 0.15) is 6.10 Å². The predicted octanol–water partition coefficient (Wildman–Crippen LogP) is 0.836. The number of nitrogens with zero attached hydrogens (tertiary/aromatic N) is 1. The molecule has 2 amide bonds. The van der Waals surface area contributed by atoms with Gasteiger partial charge in [0, 0.05) is 18.8 Å². The number of benzene rings is 1. The Morgan fingerprint density at radius 3 is 2.26 bits per heavy atom. The lowest BCUT2D eigenvalue weighted by molar-refractivity contribution is -0.154. The lowest BCUT2D eigenvalue weighted by Crippen LogP contribution is -2.48. The Balaban J connectivity index is 2.15. The molecule has 1 aromatic carbocycles. The van der Waals surface area contributed by atoms with Crippen molar-refractivity contribution in [3.63, 3.8) is 0 Å². The van der Waals surface area contributed by atoms with E-state index in [-0.39, 0.29) is 29.1 Å². The second kappa shape index (κ2) is 9.13. The summed E-state index contributed by atoms with van der Waals surface area (Å²) in [6.07, 6.45) is -1.03. The second-order valence-electron chi connectivity index (χ2n) is 5.81. The van der Waals surface area contributed by atoms with Crippen LogP contribution < -0.4 is 5.32 Å². The fourth-order valence-corrected chi connectivity index (χ4v) is 2.70. The van der Waals surface area contributed by atoms with Crippen molar-refractivity contribution in [2.75, 3.05) is 39.2 Å². The third-order valence-electron chi connectivity index (χ3n) is 4.08. The Morgan fingerprint density at radius 2 is 1.74 bits per heavy atom. The van der Waals surface area contributed by atoms with Gasteiger partial charge in [0.25, 0.3) is 5.91 Å². The molecule has 27 heavy (non-hydrogen) atoms. The summed E-state index contributed by atoms with van der Waals surface area (Å²) in [5.74, 6) is -2.05. The summed E-state index contributed by atoms with van der Waals surface area (Å²) in [7, 11) is 2.41. The molecule has 1 saturated heterocycles. The number of ether oxygens (including phenoxy) is 3. The van der Waals surface area contributed by atoms with Crippen molar-refractivity contribution in [3.8, 4) is 0 Å². The lowest BCUT2D eigenvalue weighted by Gasteiger charge is -2.31. The van der Waals surface area contributed by atoms with E-state index in [0.717, 1.165) is 0 Å². The Bertz CT molecular complexity index is 713. The number of nitrogens with one attached hydrogen (secondary N) is 1. The van der Waals surface area contributed by atoms with Crippen molar-refractivity contribution in [3.05, 3.63) is 29.3 Å². The summed E-state index contributed by atoms with van der Waals surface area (Å²) >= 11 is 0. The van der Waals surface area contributed by atoms with Crippen LogP contribution in [-0.2, 0) is 23.8 Å². The van der Waals surface area contributed by atoms with Crippen LogP contribution in [0.5, 0.6) is 0 Å². The Labute approximate surface area is 156 Å². The zero-order chi connectivity index (χ0) is 20.0. The van der Waals surface area contributed by atoms with E-state index in [0.29, 0.717) is 19.7 Å². The van der Waals surface area contributed by atoms with E-state index >= 15 is 0 Å². The molecule has 9 heteroatoms. The standard InChI is InChI=1S/C18H22N2O7/c1-4-20-5-6-27-14(16(20)22)10-15(21)19-13-8-11(17(23)25-2)7-12(9-13)18(24)26-3/h7-9,14H,4-6,10H2,1-3H3,(H,19,21). The van der Waals surface area contributed by atoms with Crippen LogP contribution in [0.2, 0.25) is 0 Å². The first-order valence-corrected chi connectivity index (χ1v) is 8.41. The number of hydrogen-bond donors (Lipinski definition) is 1. The molecular weight excluding hydrogens is 356 g/mol. The van der Waals surface area contributed by atoms with Gasteiger partial charge in [0.15, 0.2) is 0 Å². The van der Waals surface area contributed by atoms with Gasteiger partial charge in [0.05, 0.1) is 38.4 Å². The molecule has 0 aliphatic carbocycles. The van der Waals surface area contributed by atoms with E-state index in [1.54, 1.807) is 4.90 Å². The highest BCUT2D eigenvalue weighted by Crippen LogP contribution is 2.18. The van der Waals surface area contributed by atoms with Crippen molar-refractivity contribution in [1.29, 1.82) is 0 Å². The summed E-state index contributed by atoms with van der Waals surface area (Å²) in [6.45, 7) is 3.26. The molecule has 9 nitrogen and oxygen atoms in total. The molecule has 0 saturated carbocycles. The molecule has 0 aromatic heterocycles. The van der Waals surface area contributed by atoms with Crippen molar-refractivity contribution in [2.24, 2.45) is 0 Å². The average molecular weight is 378 g/mol. The van der Waals surface area contributed by atoms with Gasteiger partial charge in [-0.3, -0.25) is 9.59 Å². The van der Waals surface area contributed by atoms with Crippen LogP contribution in [0.4, 0.5) is 5.69 Å². The third-order valence-corrected chi connectivity index (χ3v) is 4.08. The molecule has 0 bridgehead atoms. The van der Waals surface area contributed by atoms with Gasteiger partial charge < -0.3 is 24.4 Å². The van der Waals surface area contributed by atoms with Crippen molar-refractivity contribution in [2.45, 2.75) is 19.4 Å². The summed E-state index contributed by atoms with van der Waals surface area (Å²) in [6, 6.07) is 4.05. The average Bonchev–Trinajstić information content (AvgIpc) is 2.67. The van der Waals surface area contributed by atoms with Gasteiger partial charge in [-0.05, 0) is 25.1 Å². The third kappa shape index (κ3) is 5.04. The minimum atomic E-state index is -0.859. The first kappa shape index (κ1) is 20.4. The number of carbonyl (C=O) groups is 4. The molecule has 1 heterocycles. The maximum Gasteiger partial charge on any atom is 0.337 e. The van der Waals surface area contributed by atoms with Gasteiger partial charge in [-0.25, -0.2) is 9.59 Å². The van der Waals surface area contributed by atoms with Crippen LogP contribution >= 0.6 is 0 Å². The van der Waals surface area contributed by atoms with Crippen LogP contribution in [-0.4, -0.2) is 68.7 Å². The highest BCUT2D eigenvalue weighted by atomic mass is 16.5. The molecule has 1 N–H and O–H groups in total.